The van der Waals surface area contributed by atoms with E-state index in [2.05, 4.69) is 0 Å². The Morgan fingerprint density at radius 3 is 2.42 bits per heavy atom. The molecular formula is C18H15NO5. The van der Waals surface area contributed by atoms with Gasteiger partial charge in [0.25, 0.3) is 0 Å². The Balaban J connectivity index is 2.06. The summed E-state index contributed by atoms with van der Waals surface area (Å²) in [5.74, 6) is 0.0304. The highest BCUT2D eigenvalue weighted by atomic mass is 16.6. The normalized spacial score (nSPS) is 14.8. The predicted molar refractivity (Wildman–Crippen MR) is 87.9 cm³/mol. The number of benzene rings is 2. The van der Waals surface area contributed by atoms with Crippen molar-refractivity contribution in [2.24, 2.45) is 0 Å². The number of hydrogen-bond donors (Lipinski definition) is 0. The van der Waals surface area contributed by atoms with Crippen LogP contribution in [0.1, 0.15) is 34.8 Å². The molecule has 0 spiro atoms. The van der Waals surface area contributed by atoms with Crippen molar-refractivity contribution in [3.8, 4) is 5.75 Å². The zero-order valence-electron chi connectivity index (χ0n) is 13.0. The topological polar surface area (TPSA) is 78.7 Å². The molecule has 1 heterocycles. The second-order valence-electron chi connectivity index (χ2n) is 5.24. The van der Waals surface area contributed by atoms with Crippen LogP contribution in [0.4, 0.5) is 0 Å². The van der Waals surface area contributed by atoms with E-state index in [9.17, 15) is 14.9 Å². The lowest BCUT2D eigenvalue weighted by atomic mass is 10.0. The maximum atomic E-state index is 11.9. The molecule has 122 valence electrons. The SMILES string of the molecule is CCCOc1ccc(/C(=C2\OC(=O)c3ccccc32)[N+](=O)[O-])cc1. The summed E-state index contributed by atoms with van der Waals surface area (Å²) in [4.78, 5) is 23.0. The molecule has 0 amide bonds. The average molecular weight is 325 g/mol. The maximum absolute atomic E-state index is 11.9. The molecule has 0 fully saturated rings. The summed E-state index contributed by atoms with van der Waals surface area (Å²) in [5.41, 5.74) is 0.869. The quantitative estimate of drug-likeness (QED) is 0.475. The number of hydrogen-bond acceptors (Lipinski definition) is 5. The lowest BCUT2D eigenvalue weighted by Gasteiger charge is -2.06. The van der Waals surface area contributed by atoms with E-state index in [0.29, 0.717) is 29.0 Å². The number of nitro groups is 1. The molecule has 0 N–H and O–H groups in total. The van der Waals surface area contributed by atoms with Crippen molar-refractivity contribution >= 4 is 17.4 Å². The van der Waals surface area contributed by atoms with E-state index in [4.69, 9.17) is 9.47 Å². The Hall–Kier alpha value is -3.15. The average Bonchev–Trinajstić information content (AvgIpc) is 2.91. The van der Waals surface area contributed by atoms with Crippen LogP contribution in [0.25, 0.3) is 11.5 Å². The van der Waals surface area contributed by atoms with E-state index < -0.39 is 10.9 Å². The Kier molecular flexibility index (Phi) is 4.29. The minimum atomic E-state index is -0.581. The zero-order chi connectivity index (χ0) is 17.1. The fraction of sp³-hybridized carbons (Fsp3) is 0.167. The summed E-state index contributed by atoms with van der Waals surface area (Å²) in [7, 11) is 0. The highest BCUT2D eigenvalue weighted by Crippen LogP contribution is 2.36. The van der Waals surface area contributed by atoms with E-state index in [1.807, 2.05) is 6.92 Å². The fourth-order valence-electron chi connectivity index (χ4n) is 2.49. The summed E-state index contributed by atoms with van der Waals surface area (Å²) in [6.07, 6.45) is 0.874. The van der Waals surface area contributed by atoms with Gasteiger partial charge in [-0.1, -0.05) is 25.1 Å². The molecule has 1 aliphatic rings. The van der Waals surface area contributed by atoms with Gasteiger partial charge in [0.1, 0.15) is 5.75 Å². The molecule has 0 bridgehead atoms. The highest BCUT2D eigenvalue weighted by Gasteiger charge is 2.34. The van der Waals surface area contributed by atoms with Crippen LogP contribution in [0.5, 0.6) is 5.75 Å². The molecule has 0 aliphatic carbocycles. The summed E-state index contributed by atoms with van der Waals surface area (Å²) < 4.78 is 10.7. The monoisotopic (exact) mass is 325 g/mol. The summed E-state index contributed by atoms with van der Waals surface area (Å²) in [6, 6.07) is 13.1. The van der Waals surface area contributed by atoms with Crippen LogP contribution >= 0.6 is 0 Å². The van der Waals surface area contributed by atoms with Crippen LogP contribution in [-0.2, 0) is 4.74 Å². The predicted octanol–water partition coefficient (Wildman–Crippen LogP) is 3.75. The van der Waals surface area contributed by atoms with Crippen molar-refractivity contribution in [3.05, 3.63) is 75.3 Å². The van der Waals surface area contributed by atoms with Gasteiger partial charge in [-0.15, -0.1) is 0 Å². The minimum Gasteiger partial charge on any atom is -0.494 e. The number of nitrogens with zero attached hydrogens (tertiary/aromatic N) is 1. The second kappa shape index (κ2) is 6.54. The van der Waals surface area contributed by atoms with Gasteiger partial charge in [0.05, 0.1) is 22.7 Å². The van der Waals surface area contributed by atoms with E-state index in [-0.39, 0.29) is 11.5 Å². The lowest BCUT2D eigenvalue weighted by Crippen LogP contribution is -2.03. The number of carbonyl (C=O) groups excluding carboxylic acids is 1. The van der Waals surface area contributed by atoms with E-state index in [1.165, 1.54) is 0 Å². The number of esters is 1. The van der Waals surface area contributed by atoms with Crippen LogP contribution in [0.3, 0.4) is 0 Å². The first kappa shape index (κ1) is 15.7. The van der Waals surface area contributed by atoms with Gasteiger partial charge in [0, 0.05) is 5.56 Å². The van der Waals surface area contributed by atoms with Gasteiger partial charge in [-0.25, -0.2) is 4.79 Å². The largest absolute Gasteiger partial charge is 0.494 e. The molecular weight excluding hydrogens is 310 g/mol. The molecule has 3 rings (SSSR count). The molecule has 0 unspecified atom stereocenters. The third-order valence-electron chi connectivity index (χ3n) is 3.58. The molecule has 0 saturated carbocycles. The van der Waals surface area contributed by atoms with Gasteiger partial charge in [0.2, 0.25) is 5.76 Å². The van der Waals surface area contributed by atoms with E-state index in [0.717, 1.165) is 6.42 Å². The minimum absolute atomic E-state index is 0.0252. The zero-order valence-corrected chi connectivity index (χ0v) is 13.0. The summed E-state index contributed by atoms with van der Waals surface area (Å²) in [5, 5.41) is 11.6. The summed E-state index contributed by atoms with van der Waals surface area (Å²) in [6.45, 7) is 2.57. The Morgan fingerprint density at radius 1 is 1.12 bits per heavy atom. The van der Waals surface area contributed by atoms with Crippen molar-refractivity contribution in [3.63, 3.8) is 0 Å². The second-order valence-corrected chi connectivity index (χ2v) is 5.24. The molecule has 6 nitrogen and oxygen atoms in total. The standard InChI is InChI=1S/C18H15NO5/c1-2-11-23-13-9-7-12(8-10-13)16(19(21)22)17-14-5-3-4-6-15(14)18(20)24-17/h3-10H,2,11H2,1H3/b17-16+. The van der Waals surface area contributed by atoms with Gasteiger partial charge < -0.3 is 9.47 Å². The van der Waals surface area contributed by atoms with E-state index in [1.54, 1.807) is 48.5 Å². The number of rotatable bonds is 5. The van der Waals surface area contributed by atoms with Crippen LogP contribution in [0, 0.1) is 10.1 Å². The van der Waals surface area contributed by atoms with Gasteiger partial charge in [-0.3, -0.25) is 10.1 Å². The van der Waals surface area contributed by atoms with Gasteiger partial charge in [-0.05, 0) is 36.8 Å². The molecule has 0 saturated heterocycles. The maximum Gasteiger partial charge on any atom is 0.344 e. The van der Waals surface area contributed by atoms with Crippen molar-refractivity contribution in [2.75, 3.05) is 6.61 Å². The first-order valence-electron chi connectivity index (χ1n) is 7.55. The van der Waals surface area contributed by atoms with Gasteiger partial charge in [0.15, 0.2) is 0 Å². The van der Waals surface area contributed by atoms with Crippen molar-refractivity contribution in [1.29, 1.82) is 0 Å². The first-order valence-corrected chi connectivity index (χ1v) is 7.55. The number of carbonyl (C=O) groups is 1. The van der Waals surface area contributed by atoms with Crippen molar-refractivity contribution < 1.29 is 19.2 Å². The highest BCUT2D eigenvalue weighted by molar-refractivity contribution is 6.06. The van der Waals surface area contributed by atoms with Gasteiger partial charge >= 0.3 is 11.7 Å². The molecule has 24 heavy (non-hydrogen) atoms. The molecule has 2 aromatic rings. The smallest absolute Gasteiger partial charge is 0.344 e. The van der Waals surface area contributed by atoms with E-state index >= 15 is 0 Å². The number of cyclic esters (lactones) is 1. The third-order valence-corrected chi connectivity index (χ3v) is 3.58. The van der Waals surface area contributed by atoms with Crippen molar-refractivity contribution in [1.82, 2.24) is 0 Å². The molecule has 1 aliphatic heterocycles. The lowest BCUT2D eigenvalue weighted by molar-refractivity contribution is -0.375. The third kappa shape index (κ3) is 2.86. The number of fused-ring (bicyclic) bond motifs is 1. The molecule has 0 radical (unpaired) electrons. The van der Waals surface area contributed by atoms with Crippen LogP contribution < -0.4 is 4.74 Å². The van der Waals surface area contributed by atoms with Gasteiger partial charge in [-0.2, -0.15) is 0 Å². The van der Waals surface area contributed by atoms with Crippen molar-refractivity contribution in [2.45, 2.75) is 13.3 Å². The van der Waals surface area contributed by atoms with Crippen LogP contribution in [-0.4, -0.2) is 17.5 Å². The Labute approximate surface area is 138 Å². The first-order chi connectivity index (χ1) is 11.6. The molecule has 0 aromatic heterocycles. The number of ether oxygens (including phenoxy) is 2. The summed E-state index contributed by atoms with van der Waals surface area (Å²) >= 11 is 0. The van der Waals surface area contributed by atoms with Crippen LogP contribution in [0.2, 0.25) is 0 Å². The fourth-order valence-corrected chi connectivity index (χ4v) is 2.49. The molecule has 0 atom stereocenters. The Morgan fingerprint density at radius 2 is 1.79 bits per heavy atom. The molecule has 2 aromatic carbocycles. The van der Waals surface area contributed by atoms with Crippen LogP contribution in [0.15, 0.2) is 48.5 Å². The Bertz CT molecular complexity index is 824. The molecule has 6 heteroatoms.